The number of benzene rings is 1. The topological polar surface area (TPSA) is 46.0 Å². The molecule has 23 heavy (non-hydrogen) atoms. The average Bonchev–Trinajstić information content (AvgIpc) is 2.44. The van der Waals surface area contributed by atoms with E-state index in [1.54, 1.807) is 0 Å². The lowest BCUT2D eigenvalue weighted by Crippen LogP contribution is -2.47. The molecule has 0 saturated heterocycles. The molecule has 1 aromatic carbocycles. The number of aliphatic hydroxyl groups is 1. The van der Waals surface area contributed by atoms with Crippen LogP contribution in [0.25, 0.3) is 0 Å². The molecule has 2 atom stereocenters. The second-order valence-corrected chi connectivity index (χ2v) is 6.04. The van der Waals surface area contributed by atoms with Gasteiger partial charge in [0.15, 0.2) is 0 Å². The molecule has 2 aromatic rings. The summed E-state index contributed by atoms with van der Waals surface area (Å²) in [4.78, 5) is 7.50. The van der Waals surface area contributed by atoms with E-state index >= 15 is 0 Å². The molecule has 0 aliphatic heterocycles. The highest BCUT2D eigenvalue weighted by molar-refractivity contribution is 6.35. The van der Waals surface area contributed by atoms with Gasteiger partial charge in [-0.1, -0.05) is 36.2 Å². The van der Waals surface area contributed by atoms with Gasteiger partial charge in [-0.25, -0.2) is 0 Å². The van der Waals surface area contributed by atoms with Crippen molar-refractivity contribution in [1.82, 2.24) is 9.97 Å². The van der Waals surface area contributed by atoms with Gasteiger partial charge in [0.25, 0.3) is 0 Å². The first kappa shape index (κ1) is 18.0. The van der Waals surface area contributed by atoms with Crippen LogP contribution in [0.4, 0.5) is 13.2 Å². The molecular formula is C15H13Cl2F3N2O. The molecule has 1 aromatic heterocycles. The van der Waals surface area contributed by atoms with Crippen LogP contribution in [-0.4, -0.2) is 21.3 Å². The first-order valence-electron chi connectivity index (χ1n) is 6.60. The maximum atomic E-state index is 13.7. The molecule has 124 valence electrons. The molecule has 0 aliphatic rings. The van der Waals surface area contributed by atoms with Gasteiger partial charge in [0, 0.05) is 22.2 Å². The predicted molar refractivity (Wildman–Crippen MR) is 81.6 cm³/mol. The summed E-state index contributed by atoms with van der Waals surface area (Å²) in [6.45, 7) is 2.72. The maximum absolute atomic E-state index is 13.7. The highest BCUT2D eigenvalue weighted by Crippen LogP contribution is 2.49. The van der Waals surface area contributed by atoms with E-state index in [0.717, 1.165) is 6.20 Å². The van der Waals surface area contributed by atoms with Crippen LogP contribution in [0.1, 0.15) is 29.8 Å². The van der Waals surface area contributed by atoms with E-state index in [1.807, 2.05) is 0 Å². The smallest absolute Gasteiger partial charge is 0.375 e. The lowest BCUT2D eigenvalue weighted by atomic mass is 9.80. The zero-order valence-corrected chi connectivity index (χ0v) is 13.7. The zero-order chi connectivity index (χ0) is 17.4. The fourth-order valence-electron chi connectivity index (χ4n) is 2.34. The fraction of sp³-hybridized carbons (Fsp3) is 0.333. The van der Waals surface area contributed by atoms with Crippen molar-refractivity contribution in [2.75, 3.05) is 0 Å². The molecule has 8 heteroatoms. The molecule has 0 amide bonds. The Morgan fingerprint density at radius 2 is 1.83 bits per heavy atom. The third kappa shape index (κ3) is 3.29. The van der Waals surface area contributed by atoms with E-state index in [4.69, 9.17) is 23.2 Å². The van der Waals surface area contributed by atoms with Gasteiger partial charge in [-0.15, -0.1) is 0 Å². The Morgan fingerprint density at radius 3 is 2.35 bits per heavy atom. The summed E-state index contributed by atoms with van der Waals surface area (Å²) < 4.78 is 41.0. The Labute approximate surface area is 141 Å². The van der Waals surface area contributed by atoms with E-state index in [2.05, 4.69) is 9.97 Å². The molecule has 0 aliphatic carbocycles. The Balaban J connectivity index is 2.63. The zero-order valence-electron chi connectivity index (χ0n) is 12.2. The van der Waals surface area contributed by atoms with Gasteiger partial charge >= 0.3 is 6.18 Å². The third-order valence-corrected chi connectivity index (χ3v) is 4.20. The van der Waals surface area contributed by atoms with Gasteiger partial charge in [-0.05, 0) is 24.6 Å². The van der Waals surface area contributed by atoms with E-state index in [-0.39, 0.29) is 21.3 Å². The summed E-state index contributed by atoms with van der Waals surface area (Å²) in [5.74, 6) is -1.41. The van der Waals surface area contributed by atoms with Crippen molar-refractivity contribution in [3.63, 3.8) is 0 Å². The van der Waals surface area contributed by atoms with Crippen LogP contribution in [0.2, 0.25) is 10.0 Å². The van der Waals surface area contributed by atoms with Crippen LogP contribution >= 0.6 is 23.2 Å². The number of halogens is 5. The van der Waals surface area contributed by atoms with Gasteiger partial charge in [0.05, 0.1) is 11.9 Å². The number of nitrogens with zero attached hydrogens (tertiary/aromatic N) is 2. The summed E-state index contributed by atoms with van der Waals surface area (Å²) >= 11 is 11.8. The molecule has 0 fully saturated rings. The van der Waals surface area contributed by atoms with Gasteiger partial charge in [-0.3, -0.25) is 9.97 Å². The van der Waals surface area contributed by atoms with E-state index in [9.17, 15) is 18.3 Å². The van der Waals surface area contributed by atoms with Crippen molar-refractivity contribution < 1.29 is 18.3 Å². The number of alkyl halides is 3. The Kier molecular flexibility index (Phi) is 4.89. The third-order valence-electron chi connectivity index (χ3n) is 3.63. The van der Waals surface area contributed by atoms with Gasteiger partial charge in [0.2, 0.25) is 5.60 Å². The number of rotatable bonds is 3. The summed E-state index contributed by atoms with van der Waals surface area (Å²) in [5.41, 5.74) is -3.44. The molecule has 2 unspecified atom stereocenters. The minimum atomic E-state index is -4.97. The second kappa shape index (κ2) is 6.26. The highest BCUT2D eigenvalue weighted by Gasteiger charge is 2.60. The van der Waals surface area contributed by atoms with Gasteiger partial charge in [-0.2, -0.15) is 13.2 Å². The minimum absolute atomic E-state index is 0.0355. The molecule has 0 bridgehead atoms. The van der Waals surface area contributed by atoms with Crippen LogP contribution in [0.5, 0.6) is 0 Å². The number of hydrogen-bond donors (Lipinski definition) is 1. The van der Waals surface area contributed by atoms with E-state index in [0.29, 0.717) is 0 Å². The van der Waals surface area contributed by atoms with Crippen molar-refractivity contribution in [1.29, 1.82) is 0 Å². The molecule has 1 heterocycles. The van der Waals surface area contributed by atoms with Crippen molar-refractivity contribution in [2.45, 2.75) is 31.5 Å². The molecule has 0 spiro atoms. The monoisotopic (exact) mass is 364 g/mol. The summed E-state index contributed by atoms with van der Waals surface area (Å²) in [5, 5.41) is 10.9. The summed E-state index contributed by atoms with van der Waals surface area (Å²) in [7, 11) is 0. The predicted octanol–water partition coefficient (Wildman–Crippen LogP) is 4.65. The summed E-state index contributed by atoms with van der Waals surface area (Å²) in [6.07, 6.45) is -2.76. The average molecular weight is 365 g/mol. The Bertz CT molecular complexity index is 724. The summed E-state index contributed by atoms with van der Waals surface area (Å²) in [6, 6.07) is 4.10. The second-order valence-electron chi connectivity index (χ2n) is 5.20. The van der Waals surface area contributed by atoms with Crippen molar-refractivity contribution in [2.24, 2.45) is 0 Å². The van der Waals surface area contributed by atoms with Crippen LogP contribution < -0.4 is 0 Å². The first-order chi connectivity index (χ1) is 10.6. The molecule has 0 radical (unpaired) electrons. The van der Waals surface area contributed by atoms with Crippen LogP contribution in [0.3, 0.4) is 0 Å². The standard InChI is InChI=1S/C15H13Cl2F3N2O/c1-8-6-21-7-13(22-8)14(23,15(18,19)20)9(2)11-4-3-10(16)5-12(11)17/h3-7,9,23H,1-2H3. The SMILES string of the molecule is Cc1cncc(C(O)(C(C)c2ccc(Cl)cc2Cl)C(F)(F)F)n1. The van der Waals surface area contributed by atoms with E-state index in [1.165, 1.54) is 38.2 Å². The largest absolute Gasteiger partial charge is 0.423 e. The Hall–Kier alpha value is -1.37. The normalized spacial score (nSPS) is 16.0. The van der Waals surface area contributed by atoms with Crippen LogP contribution in [-0.2, 0) is 5.60 Å². The quantitative estimate of drug-likeness (QED) is 0.862. The van der Waals surface area contributed by atoms with Crippen molar-refractivity contribution >= 4 is 23.2 Å². The first-order valence-corrected chi connectivity index (χ1v) is 7.36. The van der Waals surface area contributed by atoms with Crippen LogP contribution in [0.15, 0.2) is 30.6 Å². The number of aromatic nitrogens is 2. The number of hydrogen-bond acceptors (Lipinski definition) is 3. The van der Waals surface area contributed by atoms with E-state index < -0.39 is 23.4 Å². The minimum Gasteiger partial charge on any atom is -0.375 e. The van der Waals surface area contributed by atoms with Crippen LogP contribution in [0, 0.1) is 6.92 Å². The molecule has 2 rings (SSSR count). The van der Waals surface area contributed by atoms with Crippen molar-refractivity contribution in [3.8, 4) is 0 Å². The molecule has 3 nitrogen and oxygen atoms in total. The maximum Gasteiger partial charge on any atom is 0.423 e. The fourth-order valence-corrected chi connectivity index (χ4v) is 2.91. The molecule has 1 N–H and O–H groups in total. The molecular weight excluding hydrogens is 352 g/mol. The lowest BCUT2D eigenvalue weighted by Gasteiger charge is -2.35. The Morgan fingerprint density at radius 1 is 1.17 bits per heavy atom. The van der Waals surface area contributed by atoms with Gasteiger partial charge < -0.3 is 5.11 Å². The van der Waals surface area contributed by atoms with Gasteiger partial charge in [0.1, 0.15) is 5.69 Å². The lowest BCUT2D eigenvalue weighted by molar-refractivity contribution is -0.276. The van der Waals surface area contributed by atoms with Crippen molar-refractivity contribution in [3.05, 3.63) is 57.6 Å². The number of aryl methyl sites for hydroxylation is 1. The molecule has 0 saturated carbocycles. The highest BCUT2D eigenvalue weighted by atomic mass is 35.5.